The number of likely N-dealkylation sites (N-methyl/N-ethyl adjacent to an activating group) is 1. The molecule has 2 aliphatic rings. The van der Waals surface area contributed by atoms with Gasteiger partial charge < -0.3 is 5.32 Å². The number of aryl methyl sites for hydroxylation is 1. The van der Waals surface area contributed by atoms with Crippen LogP contribution in [0.15, 0.2) is 6.20 Å². The van der Waals surface area contributed by atoms with Crippen LogP contribution in [0, 0.1) is 0 Å². The third-order valence-corrected chi connectivity index (χ3v) is 5.74. The van der Waals surface area contributed by atoms with Gasteiger partial charge >= 0.3 is 0 Å². The maximum absolute atomic E-state index is 4.91. The van der Waals surface area contributed by atoms with E-state index in [1.165, 1.54) is 45.1 Å². The quantitative estimate of drug-likeness (QED) is 0.914. The maximum atomic E-state index is 4.91. The van der Waals surface area contributed by atoms with Crippen molar-refractivity contribution < 1.29 is 0 Å². The van der Waals surface area contributed by atoms with Crippen molar-refractivity contribution in [3.63, 3.8) is 0 Å². The summed E-state index contributed by atoms with van der Waals surface area (Å²) in [6, 6.07) is 0.617. The van der Waals surface area contributed by atoms with Crippen molar-refractivity contribution in [2.24, 2.45) is 7.05 Å². The van der Waals surface area contributed by atoms with Crippen molar-refractivity contribution in [3.05, 3.63) is 12.0 Å². The Hall–Kier alpha value is -1.69. The van der Waals surface area contributed by atoms with Gasteiger partial charge in [0.25, 0.3) is 0 Å². The van der Waals surface area contributed by atoms with Gasteiger partial charge in [-0.1, -0.05) is 19.8 Å². The van der Waals surface area contributed by atoms with Gasteiger partial charge in [0.05, 0.1) is 11.6 Å². The smallest absolute Gasteiger partial charge is 0.163 e. The number of aromatic nitrogens is 4. The van der Waals surface area contributed by atoms with Crippen LogP contribution in [-0.4, -0.2) is 50.3 Å². The van der Waals surface area contributed by atoms with Crippen molar-refractivity contribution >= 4 is 16.9 Å². The second-order valence-corrected chi connectivity index (χ2v) is 7.22. The number of hydrogen-bond donors (Lipinski definition) is 1. The SMILES string of the molecule is CCN1CCCC1CNc1nc(C2CCCC2)nc2c1cnn2C. The van der Waals surface area contributed by atoms with Crippen molar-refractivity contribution in [2.45, 2.75) is 57.4 Å². The van der Waals surface area contributed by atoms with Crippen molar-refractivity contribution in [1.29, 1.82) is 0 Å². The highest BCUT2D eigenvalue weighted by Gasteiger charge is 2.25. The average molecular weight is 328 g/mol. The minimum atomic E-state index is 0.517. The molecule has 2 fully saturated rings. The predicted octanol–water partition coefficient (Wildman–Crippen LogP) is 2.92. The first-order valence-electron chi connectivity index (χ1n) is 9.44. The van der Waals surface area contributed by atoms with Crippen molar-refractivity contribution in [1.82, 2.24) is 24.6 Å². The summed E-state index contributed by atoms with van der Waals surface area (Å²) in [5.74, 6) is 2.49. The summed E-state index contributed by atoms with van der Waals surface area (Å²) in [6.45, 7) is 5.56. The minimum Gasteiger partial charge on any atom is -0.368 e. The zero-order valence-corrected chi connectivity index (χ0v) is 14.8. The highest BCUT2D eigenvalue weighted by Crippen LogP contribution is 2.34. The number of nitrogens with zero attached hydrogens (tertiary/aromatic N) is 5. The van der Waals surface area contributed by atoms with Gasteiger partial charge in [-0.05, 0) is 38.8 Å². The van der Waals surface area contributed by atoms with Crippen LogP contribution in [-0.2, 0) is 7.05 Å². The van der Waals surface area contributed by atoms with Gasteiger partial charge in [0.1, 0.15) is 11.6 Å². The summed E-state index contributed by atoms with van der Waals surface area (Å²) in [7, 11) is 1.97. The molecule has 6 heteroatoms. The molecule has 3 heterocycles. The Morgan fingerprint density at radius 2 is 2.00 bits per heavy atom. The van der Waals surface area contributed by atoms with Crippen LogP contribution >= 0.6 is 0 Å². The molecule has 0 bridgehead atoms. The average Bonchev–Trinajstić information content (AvgIpc) is 3.34. The molecule has 4 rings (SSSR count). The fraction of sp³-hybridized carbons (Fsp3) is 0.722. The van der Waals surface area contributed by atoms with Gasteiger partial charge in [-0.2, -0.15) is 5.10 Å². The molecule has 0 spiro atoms. The number of likely N-dealkylation sites (tertiary alicyclic amines) is 1. The maximum Gasteiger partial charge on any atom is 0.163 e. The Morgan fingerprint density at radius 3 is 2.79 bits per heavy atom. The fourth-order valence-corrected chi connectivity index (χ4v) is 4.30. The zero-order valence-electron chi connectivity index (χ0n) is 14.8. The van der Waals surface area contributed by atoms with Crippen molar-refractivity contribution in [2.75, 3.05) is 25.0 Å². The molecule has 1 saturated heterocycles. The topological polar surface area (TPSA) is 58.9 Å². The van der Waals surface area contributed by atoms with Gasteiger partial charge in [0, 0.05) is 25.6 Å². The molecule has 2 aromatic heterocycles. The van der Waals surface area contributed by atoms with Crippen LogP contribution in [0.2, 0.25) is 0 Å². The van der Waals surface area contributed by atoms with E-state index in [9.17, 15) is 0 Å². The minimum absolute atomic E-state index is 0.517. The third kappa shape index (κ3) is 2.88. The van der Waals surface area contributed by atoms with E-state index in [1.807, 2.05) is 17.9 Å². The van der Waals surface area contributed by atoms with Crippen LogP contribution in [0.3, 0.4) is 0 Å². The molecule has 1 N–H and O–H groups in total. The Morgan fingerprint density at radius 1 is 1.17 bits per heavy atom. The molecule has 1 aliphatic heterocycles. The monoisotopic (exact) mass is 328 g/mol. The number of anilines is 1. The van der Waals surface area contributed by atoms with Crippen LogP contribution in [0.25, 0.3) is 11.0 Å². The third-order valence-electron chi connectivity index (χ3n) is 5.74. The Balaban J connectivity index is 1.60. The summed E-state index contributed by atoms with van der Waals surface area (Å²) in [6.07, 6.45) is 9.51. The van der Waals surface area contributed by atoms with E-state index in [0.29, 0.717) is 12.0 Å². The lowest BCUT2D eigenvalue weighted by atomic mass is 10.1. The van der Waals surface area contributed by atoms with E-state index in [4.69, 9.17) is 9.97 Å². The molecule has 1 unspecified atom stereocenters. The Labute approximate surface area is 143 Å². The van der Waals surface area contributed by atoms with E-state index in [-0.39, 0.29) is 0 Å². The standard InChI is InChI=1S/C18H28N6/c1-3-24-10-6-9-14(24)11-19-17-15-12-20-23(2)18(15)22-16(21-17)13-7-4-5-8-13/h12-14H,3-11H2,1-2H3,(H,19,21,22). The van der Waals surface area contributed by atoms with Gasteiger partial charge in [-0.3, -0.25) is 9.58 Å². The summed E-state index contributed by atoms with van der Waals surface area (Å²) in [5.41, 5.74) is 0.952. The van der Waals surface area contributed by atoms with Crippen LogP contribution in [0.1, 0.15) is 57.2 Å². The second-order valence-electron chi connectivity index (χ2n) is 7.22. The Bertz CT molecular complexity index is 703. The lowest BCUT2D eigenvalue weighted by Crippen LogP contribution is -2.34. The predicted molar refractivity (Wildman–Crippen MR) is 96.3 cm³/mol. The highest BCUT2D eigenvalue weighted by atomic mass is 15.3. The number of nitrogens with one attached hydrogen (secondary N) is 1. The van der Waals surface area contributed by atoms with Crippen molar-refractivity contribution in [3.8, 4) is 0 Å². The molecule has 2 aromatic rings. The molecular formula is C18H28N6. The highest BCUT2D eigenvalue weighted by molar-refractivity contribution is 5.86. The first-order chi connectivity index (χ1) is 11.8. The summed E-state index contributed by atoms with van der Waals surface area (Å²) in [4.78, 5) is 12.3. The van der Waals surface area contributed by atoms with E-state index in [2.05, 4.69) is 22.2 Å². The first-order valence-corrected chi connectivity index (χ1v) is 9.44. The fourth-order valence-electron chi connectivity index (χ4n) is 4.30. The van der Waals surface area contributed by atoms with Gasteiger partial charge in [0.15, 0.2) is 5.65 Å². The Kier molecular flexibility index (Phi) is 4.39. The molecule has 6 nitrogen and oxygen atoms in total. The number of rotatable bonds is 5. The summed E-state index contributed by atoms with van der Waals surface area (Å²) in [5, 5.41) is 9.07. The lowest BCUT2D eigenvalue weighted by Gasteiger charge is -2.23. The normalized spacial score (nSPS) is 22.7. The molecule has 0 amide bonds. The molecular weight excluding hydrogens is 300 g/mol. The van der Waals surface area contributed by atoms with Gasteiger partial charge in [-0.25, -0.2) is 9.97 Å². The molecule has 1 aliphatic carbocycles. The van der Waals surface area contributed by atoms with Gasteiger partial charge in [0.2, 0.25) is 0 Å². The largest absolute Gasteiger partial charge is 0.368 e. The molecule has 1 atom stereocenters. The molecule has 0 aromatic carbocycles. The van der Waals surface area contributed by atoms with E-state index in [1.54, 1.807) is 0 Å². The van der Waals surface area contributed by atoms with E-state index < -0.39 is 0 Å². The molecule has 1 saturated carbocycles. The van der Waals surface area contributed by atoms with Crippen LogP contribution in [0.4, 0.5) is 5.82 Å². The molecule has 130 valence electrons. The summed E-state index contributed by atoms with van der Waals surface area (Å²) < 4.78 is 1.87. The van der Waals surface area contributed by atoms with Gasteiger partial charge in [-0.15, -0.1) is 0 Å². The van der Waals surface area contributed by atoms with E-state index >= 15 is 0 Å². The summed E-state index contributed by atoms with van der Waals surface area (Å²) >= 11 is 0. The van der Waals surface area contributed by atoms with Crippen LogP contribution < -0.4 is 5.32 Å². The number of hydrogen-bond acceptors (Lipinski definition) is 5. The molecule has 0 radical (unpaired) electrons. The first kappa shape index (κ1) is 15.8. The van der Waals surface area contributed by atoms with Crippen LogP contribution in [0.5, 0.6) is 0 Å². The second kappa shape index (κ2) is 6.67. The zero-order chi connectivity index (χ0) is 16.5. The van der Waals surface area contributed by atoms with E-state index in [0.717, 1.165) is 35.8 Å². The lowest BCUT2D eigenvalue weighted by molar-refractivity contribution is 0.277. The number of fused-ring (bicyclic) bond motifs is 1. The molecule has 24 heavy (non-hydrogen) atoms.